The second kappa shape index (κ2) is 8.12. The lowest BCUT2D eigenvalue weighted by Crippen LogP contribution is -2.24. The normalized spacial score (nSPS) is 16.3. The van der Waals surface area contributed by atoms with Crippen LogP contribution in [-0.4, -0.2) is 45.5 Å². The summed E-state index contributed by atoms with van der Waals surface area (Å²) in [5, 5.41) is 5.96. The van der Waals surface area contributed by atoms with Crippen molar-refractivity contribution in [1.82, 2.24) is 5.01 Å². The molecule has 0 radical (unpaired) electrons. The van der Waals surface area contributed by atoms with Crippen LogP contribution >= 0.6 is 0 Å². The zero-order valence-corrected chi connectivity index (χ0v) is 17.5. The largest absolute Gasteiger partial charge is 0.497 e. The molecule has 154 valence electrons. The molecule has 29 heavy (non-hydrogen) atoms. The van der Waals surface area contributed by atoms with Crippen LogP contribution in [0.3, 0.4) is 0 Å². The summed E-state index contributed by atoms with van der Waals surface area (Å²) in [4.78, 5) is 12.2. The molecule has 0 saturated heterocycles. The lowest BCUT2D eigenvalue weighted by molar-refractivity contribution is -0.130. The second-order valence-corrected chi connectivity index (χ2v) is 8.44. The van der Waals surface area contributed by atoms with Crippen molar-refractivity contribution in [2.24, 2.45) is 5.10 Å². The van der Waals surface area contributed by atoms with Gasteiger partial charge < -0.3 is 9.47 Å². The number of hydrogen-bond donors (Lipinski definition) is 1. The van der Waals surface area contributed by atoms with Gasteiger partial charge in [-0.05, 0) is 35.9 Å². The summed E-state index contributed by atoms with van der Waals surface area (Å²) in [6.45, 7) is 1.46. The summed E-state index contributed by atoms with van der Waals surface area (Å²) in [5.41, 5.74) is 2.79. The zero-order chi connectivity index (χ0) is 21.2. The predicted octanol–water partition coefficient (Wildman–Crippen LogP) is 2.77. The van der Waals surface area contributed by atoms with Gasteiger partial charge in [-0.3, -0.25) is 9.52 Å². The van der Waals surface area contributed by atoms with E-state index >= 15 is 0 Å². The van der Waals surface area contributed by atoms with Gasteiger partial charge in [-0.2, -0.15) is 5.10 Å². The second-order valence-electron chi connectivity index (χ2n) is 6.69. The smallest absolute Gasteiger partial charge is 0.240 e. The lowest BCUT2D eigenvalue weighted by atomic mass is 9.97. The van der Waals surface area contributed by atoms with Crippen molar-refractivity contribution in [2.45, 2.75) is 19.4 Å². The van der Waals surface area contributed by atoms with Crippen molar-refractivity contribution in [3.05, 3.63) is 53.6 Å². The molecule has 3 rings (SSSR count). The Morgan fingerprint density at radius 1 is 1.14 bits per heavy atom. The van der Waals surface area contributed by atoms with E-state index in [1.54, 1.807) is 50.6 Å². The number of methoxy groups -OCH3 is 2. The lowest BCUT2D eigenvalue weighted by Gasteiger charge is -2.22. The molecule has 0 fully saturated rings. The molecule has 9 heteroatoms. The van der Waals surface area contributed by atoms with Crippen LogP contribution in [0.5, 0.6) is 11.5 Å². The molecule has 0 aliphatic carbocycles. The third-order valence-corrected chi connectivity index (χ3v) is 5.16. The van der Waals surface area contributed by atoms with Gasteiger partial charge in [0.05, 0.1) is 32.2 Å². The van der Waals surface area contributed by atoms with Crippen LogP contribution in [0.4, 0.5) is 5.69 Å². The average Bonchev–Trinajstić information content (AvgIpc) is 3.12. The number of amides is 1. The van der Waals surface area contributed by atoms with Gasteiger partial charge in [0.25, 0.3) is 0 Å². The highest BCUT2D eigenvalue weighted by Gasteiger charge is 2.33. The maximum atomic E-state index is 12.2. The van der Waals surface area contributed by atoms with E-state index in [0.29, 0.717) is 23.6 Å². The highest BCUT2D eigenvalue weighted by Crippen LogP contribution is 2.39. The van der Waals surface area contributed by atoms with Gasteiger partial charge in [-0.1, -0.05) is 12.1 Å². The van der Waals surface area contributed by atoms with Gasteiger partial charge in [0.15, 0.2) is 0 Å². The molecule has 2 aromatic rings. The Labute approximate surface area is 170 Å². The minimum absolute atomic E-state index is 0.190. The molecule has 8 nitrogen and oxygen atoms in total. The van der Waals surface area contributed by atoms with E-state index in [1.165, 1.54) is 11.9 Å². The quantitative estimate of drug-likeness (QED) is 0.779. The Morgan fingerprint density at radius 2 is 1.83 bits per heavy atom. The number of benzene rings is 2. The van der Waals surface area contributed by atoms with Gasteiger partial charge in [0.2, 0.25) is 15.9 Å². The fraction of sp³-hybridized carbons (Fsp3) is 0.300. The van der Waals surface area contributed by atoms with Crippen molar-refractivity contribution in [1.29, 1.82) is 0 Å². The third kappa shape index (κ3) is 4.68. The molecule has 0 saturated carbocycles. The number of anilines is 1. The molecule has 0 spiro atoms. The highest BCUT2D eigenvalue weighted by atomic mass is 32.2. The highest BCUT2D eigenvalue weighted by molar-refractivity contribution is 7.92. The Bertz CT molecular complexity index is 1050. The SMILES string of the molecule is COc1ccc(OC)c([C@H]2CC(c3ccc(NS(C)(=O)=O)cc3)=NN2C(C)=O)c1. The van der Waals surface area contributed by atoms with Gasteiger partial charge in [0.1, 0.15) is 11.5 Å². The molecule has 0 aromatic heterocycles. The molecule has 1 aliphatic rings. The fourth-order valence-corrected chi connectivity index (χ4v) is 3.83. The van der Waals surface area contributed by atoms with E-state index in [1.807, 2.05) is 6.07 Å². The number of hydrogen-bond acceptors (Lipinski definition) is 6. The van der Waals surface area contributed by atoms with E-state index in [-0.39, 0.29) is 11.9 Å². The molecule has 2 aromatic carbocycles. The molecular weight excluding hydrogens is 394 g/mol. The van der Waals surface area contributed by atoms with Crippen LogP contribution in [0.2, 0.25) is 0 Å². The topological polar surface area (TPSA) is 97.3 Å². The number of rotatable bonds is 6. The fourth-order valence-electron chi connectivity index (χ4n) is 3.26. The Kier molecular flexibility index (Phi) is 5.78. The first-order valence-corrected chi connectivity index (χ1v) is 10.8. The zero-order valence-electron chi connectivity index (χ0n) is 16.7. The third-order valence-electron chi connectivity index (χ3n) is 4.55. The van der Waals surface area contributed by atoms with Crippen LogP contribution in [-0.2, 0) is 14.8 Å². The Morgan fingerprint density at radius 3 is 2.38 bits per heavy atom. The van der Waals surface area contributed by atoms with E-state index in [2.05, 4.69) is 9.82 Å². The molecule has 1 amide bonds. The van der Waals surface area contributed by atoms with E-state index in [9.17, 15) is 13.2 Å². The molecular formula is C20H23N3O5S. The van der Waals surface area contributed by atoms with Crippen molar-refractivity contribution < 1.29 is 22.7 Å². The van der Waals surface area contributed by atoms with Gasteiger partial charge in [0, 0.05) is 24.6 Å². The average molecular weight is 417 g/mol. The number of sulfonamides is 1. The van der Waals surface area contributed by atoms with Crippen molar-refractivity contribution in [3.63, 3.8) is 0 Å². The molecule has 1 heterocycles. The van der Waals surface area contributed by atoms with Gasteiger partial charge in [-0.25, -0.2) is 13.4 Å². The van der Waals surface area contributed by atoms with Crippen LogP contribution in [0.15, 0.2) is 47.6 Å². The monoisotopic (exact) mass is 417 g/mol. The van der Waals surface area contributed by atoms with Crippen molar-refractivity contribution in [3.8, 4) is 11.5 Å². The summed E-state index contributed by atoms with van der Waals surface area (Å²) in [6, 6.07) is 12.0. The summed E-state index contributed by atoms with van der Waals surface area (Å²) < 4.78 is 36.0. The van der Waals surface area contributed by atoms with Gasteiger partial charge >= 0.3 is 0 Å². The van der Waals surface area contributed by atoms with Crippen LogP contribution < -0.4 is 14.2 Å². The predicted molar refractivity (Wildman–Crippen MR) is 111 cm³/mol. The maximum Gasteiger partial charge on any atom is 0.240 e. The Hall–Kier alpha value is -3.07. The molecule has 0 unspecified atom stereocenters. The molecule has 0 bridgehead atoms. The number of nitrogens with zero attached hydrogens (tertiary/aromatic N) is 2. The standard InChI is InChI=1S/C20H23N3O5S/c1-13(24)23-19(17-11-16(27-2)9-10-20(17)28-3)12-18(21-23)14-5-7-15(8-6-14)22-29(4,25)26/h5-11,19,22H,12H2,1-4H3/t19-/m1/s1. The number of carbonyl (C=O) groups is 1. The first-order chi connectivity index (χ1) is 13.7. The first kappa shape index (κ1) is 20.7. The van der Waals surface area contributed by atoms with E-state index in [0.717, 1.165) is 23.1 Å². The van der Waals surface area contributed by atoms with Crippen LogP contribution in [0.1, 0.15) is 30.5 Å². The number of nitrogens with one attached hydrogen (secondary N) is 1. The Balaban J connectivity index is 1.93. The summed E-state index contributed by atoms with van der Waals surface area (Å²) >= 11 is 0. The number of carbonyl (C=O) groups excluding carboxylic acids is 1. The van der Waals surface area contributed by atoms with Crippen molar-refractivity contribution >= 4 is 27.3 Å². The number of ether oxygens (including phenoxy) is 2. The molecule has 1 N–H and O–H groups in total. The summed E-state index contributed by atoms with van der Waals surface area (Å²) in [6.07, 6.45) is 1.58. The summed E-state index contributed by atoms with van der Waals surface area (Å²) in [5.74, 6) is 1.12. The minimum Gasteiger partial charge on any atom is -0.497 e. The van der Waals surface area contributed by atoms with Gasteiger partial charge in [-0.15, -0.1) is 0 Å². The van der Waals surface area contributed by atoms with Crippen molar-refractivity contribution in [2.75, 3.05) is 25.2 Å². The van der Waals surface area contributed by atoms with Crippen LogP contribution in [0.25, 0.3) is 0 Å². The van der Waals surface area contributed by atoms with E-state index in [4.69, 9.17) is 9.47 Å². The van der Waals surface area contributed by atoms with Crippen LogP contribution in [0, 0.1) is 0 Å². The molecule has 1 aliphatic heterocycles. The first-order valence-electron chi connectivity index (χ1n) is 8.89. The van der Waals surface area contributed by atoms with E-state index < -0.39 is 10.0 Å². The summed E-state index contributed by atoms with van der Waals surface area (Å²) in [7, 11) is -0.190. The number of hydrazone groups is 1. The maximum absolute atomic E-state index is 12.2. The molecule has 1 atom stereocenters. The minimum atomic E-state index is -3.35.